The first-order valence-electron chi connectivity index (χ1n) is 6.77. The van der Waals surface area contributed by atoms with Crippen molar-refractivity contribution < 1.29 is 5.11 Å². The van der Waals surface area contributed by atoms with Crippen molar-refractivity contribution in [2.75, 3.05) is 0 Å². The van der Waals surface area contributed by atoms with Gasteiger partial charge in [-0.2, -0.15) is 5.11 Å². The zero-order valence-electron chi connectivity index (χ0n) is 11.5. The van der Waals surface area contributed by atoms with Crippen molar-refractivity contribution in [1.82, 2.24) is 4.98 Å². The Balaban J connectivity index is 1.80. The van der Waals surface area contributed by atoms with Gasteiger partial charge in [-0.05, 0) is 29.7 Å². The van der Waals surface area contributed by atoms with Gasteiger partial charge in [-0.1, -0.05) is 30.3 Å². The molecule has 0 saturated heterocycles. The Morgan fingerprint density at radius 3 is 2.82 bits per heavy atom. The van der Waals surface area contributed by atoms with Crippen molar-refractivity contribution in [2.24, 2.45) is 10.2 Å². The maximum Gasteiger partial charge on any atom is 0.143 e. The summed E-state index contributed by atoms with van der Waals surface area (Å²) in [5.41, 5.74) is 3.99. The quantitative estimate of drug-likeness (QED) is 0.492. The molecule has 0 aliphatic rings. The molecular formula is C17H11N3OS. The zero-order valence-corrected chi connectivity index (χ0v) is 12.3. The number of rotatable bonds is 2. The molecule has 0 aliphatic heterocycles. The van der Waals surface area contributed by atoms with Crippen molar-refractivity contribution in [2.45, 2.75) is 0 Å². The standard InChI is InChI=1S/C17H11N3OS/c21-15-8-5-11-3-1-2-4-13(11)17(15)20-19-12-6-7-14-16(9-12)22-10-18-14/h1-10,21H. The topological polar surface area (TPSA) is 57.8 Å². The predicted molar refractivity (Wildman–Crippen MR) is 89.4 cm³/mol. The maximum atomic E-state index is 10.1. The molecule has 1 N–H and O–H groups in total. The molecular weight excluding hydrogens is 294 g/mol. The summed E-state index contributed by atoms with van der Waals surface area (Å²) in [6.07, 6.45) is 0. The van der Waals surface area contributed by atoms with Gasteiger partial charge in [0, 0.05) is 5.39 Å². The molecule has 0 aliphatic carbocycles. The molecule has 0 spiro atoms. The zero-order chi connectivity index (χ0) is 14.9. The molecule has 5 heteroatoms. The second-order valence-electron chi connectivity index (χ2n) is 4.86. The molecule has 1 aromatic heterocycles. The van der Waals surface area contributed by atoms with E-state index >= 15 is 0 Å². The molecule has 0 amide bonds. The number of azo groups is 1. The highest BCUT2D eigenvalue weighted by atomic mass is 32.1. The largest absolute Gasteiger partial charge is 0.506 e. The minimum atomic E-state index is 0.126. The fraction of sp³-hybridized carbons (Fsp3) is 0. The molecule has 4 aromatic rings. The van der Waals surface area contributed by atoms with Gasteiger partial charge in [0.05, 0.1) is 21.4 Å². The van der Waals surface area contributed by atoms with E-state index < -0.39 is 0 Å². The Bertz CT molecular complexity index is 1010. The lowest BCUT2D eigenvalue weighted by Crippen LogP contribution is -1.74. The van der Waals surface area contributed by atoms with Crippen LogP contribution >= 0.6 is 11.3 Å². The molecule has 0 radical (unpaired) electrons. The molecule has 0 fully saturated rings. The monoisotopic (exact) mass is 305 g/mol. The summed E-state index contributed by atoms with van der Waals surface area (Å²) in [4.78, 5) is 4.24. The first kappa shape index (κ1) is 12.9. The second-order valence-corrected chi connectivity index (χ2v) is 5.75. The van der Waals surface area contributed by atoms with Crippen LogP contribution < -0.4 is 0 Å². The average molecular weight is 305 g/mol. The summed E-state index contributed by atoms with van der Waals surface area (Å²) in [5, 5.41) is 20.5. The van der Waals surface area contributed by atoms with E-state index in [4.69, 9.17) is 0 Å². The van der Waals surface area contributed by atoms with Crippen LogP contribution in [0.15, 0.2) is 70.3 Å². The van der Waals surface area contributed by atoms with Crippen LogP contribution in [0.4, 0.5) is 11.4 Å². The molecule has 1 heterocycles. The number of nitrogens with zero attached hydrogens (tertiary/aromatic N) is 3. The lowest BCUT2D eigenvalue weighted by Gasteiger charge is -2.03. The first-order valence-corrected chi connectivity index (χ1v) is 7.65. The van der Waals surface area contributed by atoms with Gasteiger partial charge >= 0.3 is 0 Å². The van der Waals surface area contributed by atoms with Gasteiger partial charge in [0.2, 0.25) is 0 Å². The van der Waals surface area contributed by atoms with E-state index in [-0.39, 0.29) is 5.75 Å². The second kappa shape index (κ2) is 5.20. The number of aromatic nitrogens is 1. The van der Waals surface area contributed by atoms with E-state index in [9.17, 15) is 5.11 Å². The molecule has 22 heavy (non-hydrogen) atoms. The highest BCUT2D eigenvalue weighted by Gasteiger charge is 2.06. The Labute approximate surface area is 130 Å². The Morgan fingerprint density at radius 2 is 1.86 bits per heavy atom. The number of thiazole rings is 1. The van der Waals surface area contributed by atoms with Crippen LogP contribution in [0.2, 0.25) is 0 Å². The number of aromatic hydroxyl groups is 1. The third-order valence-corrected chi connectivity index (χ3v) is 4.25. The van der Waals surface area contributed by atoms with Gasteiger partial charge in [0.25, 0.3) is 0 Å². The smallest absolute Gasteiger partial charge is 0.143 e. The van der Waals surface area contributed by atoms with Crippen molar-refractivity contribution in [3.63, 3.8) is 0 Å². The van der Waals surface area contributed by atoms with Gasteiger partial charge in [0.15, 0.2) is 0 Å². The summed E-state index contributed by atoms with van der Waals surface area (Å²) < 4.78 is 1.07. The van der Waals surface area contributed by atoms with Crippen molar-refractivity contribution in [3.05, 3.63) is 60.1 Å². The molecule has 0 unspecified atom stereocenters. The van der Waals surface area contributed by atoms with E-state index in [0.717, 1.165) is 26.7 Å². The van der Waals surface area contributed by atoms with Crippen LogP contribution in [0.3, 0.4) is 0 Å². The van der Waals surface area contributed by atoms with Gasteiger partial charge < -0.3 is 5.11 Å². The number of hydrogen-bond donors (Lipinski definition) is 1. The van der Waals surface area contributed by atoms with Gasteiger partial charge in [-0.3, -0.25) is 0 Å². The Morgan fingerprint density at radius 1 is 0.955 bits per heavy atom. The SMILES string of the molecule is Oc1ccc2ccccc2c1N=Nc1ccc2ncsc2c1. The number of phenols is 1. The van der Waals surface area contributed by atoms with E-state index in [1.54, 1.807) is 17.4 Å². The summed E-state index contributed by atoms with van der Waals surface area (Å²) in [6, 6.07) is 17.0. The van der Waals surface area contributed by atoms with Crippen molar-refractivity contribution >= 4 is 43.7 Å². The van der Waals surface area contributed by atoms with Crippen LogP contribution in [0.25, 0.3) is 21.0 Å². The van der Waals surface area contributed by atoms with Gasteiger partial charge in [0.1, 0.15) is 11.4 Å². The fourth-order valence-corrected chi connectivity index (χ4v) is 3.07. The van der Waals surface area contributed by atoms with E-state index in [0.29, 0.717) is 5.69 Å². The summed E-state index contributed by atoms with van der Waals surface area (Å²) in [6.45, 7) is 0. The van der Waals surface area contributed by atoms with Crippen molar-refractivity contribution in [1.29, 1.82) is 0 Å². The molecule has 0 bridgehead atoms. The summed E-state index contributed by atoms with van der Waals surface area (Å²) in [5.74, 6) is 0.126. The minimum Gasteiger partial charge on any atom is -0.506 e. The Hall–Kier alpha value is -2.79. The van der Waals surface area contributed by atoms with E-state index in [1.807, 2.05) is 54.0 Å². The van der Waals surface area contributed by atoms with Crippen molar-refractivity contribution in [3.8, 4) is 5.75 Å². The van der Waals surface area contributed by atoms with Crippen LogP contribution in [-0.4, -0.2) is 10.1 Å². The first-order chi connectivity index (χ1) is 10.8. The number of hydrogen-bond acceptors (Lipinski definition) is 5. The van der Waals surface area contributed by atoms with Gasteiger partial charge in [-0.15, -0.1) is 16.5 Å². The van der Waals surface area contributed by atoms with E-state index in [2.05, 4.69) is 15.2 Å². The predicted octanol–water partition coefficient (Wildman–Crippen LogP) is 5.57. The molecule has 4 rings (SSSR count). The van der Waals surface area contributed by atoms with Crippen LogP contribution in [0.1, 0.15) is 0 Å². The van der Waals surface area contributed by atoms with Gasteiger partial charge in [-0.25, -0.2) is 4.98 Å². The number of fused-ring (bicyclic) bond motifs is 2. The third-order valence-electron chi connectivity index (χ3n) is 3.46. The lowest BCUT2D eigenvalue weighted by molar-refractivity contribution is 0.477. The Kier molecular flexibility index (Phi) is 3.05. The number of benzene rings is 3. The molecule has 0 saturated carbocycles. The molecule has 4 nitrogen and oxygen atoms in total. The third kappa shape index (κ3) is 2.21. The molecule has 3 aromatic carbocycles. The van der Waals surface area contributed by atoms with Crippen LogP contribution in [0, 0.1) is 0 Å². The summed E-state index contributed by atoms with van der Waals surface area (Å²) >= 11 is 1.57. The molecule has 106 valence electrons. The highest BCUT2D eigenvalue weighted by Crippen LogP contribution is 2.36. The molecule has 0 atom stereocenters. The summed E-state index contributed by atoms with van der Waals surface area (Å²) in [7, 11) is 0. The minimum absolute atomic E-state index is 0.126. The maximum absolute atomic E-state index is 10.1. The van der Waals surface area contributed by atoms with Crippen LogP contribution in [-0.2, 0) is 0 Å². The van der Waals surface area contributed by atoms with E-state index in [1.165, 1.54) is 0 Å². The number of phenolic OH excluding ortho intramolecular Hbond substituents is 1. The lowest BCUT2D eigenvalue weighted by atomic mass is 10.1. The average Bonchev–Trinajstić information content (AvgIpc) is 3.01. The normalized spacial score (nSPS) is 11.6. The highest BCUT2D eigenvalue weighted by molar-refractivity contribution is 7.16. The van der Waals surface area contributed by atoms with Crippen LogP contribution in [0.5, 0.6) is 5.75 Å². The fourth-order valence-electron chi connectivity index (χ4n) is 2.36.